The maximum Gasteiger partial charge on any atom is 0.253 e. The summed E-state index contributed by atoms with van der Waals surface area (Å²) in [5.74, 6) is 1.78. The molecule has 0 saturated carbocycles. The minimum Gasteiger partial charge on any atom is -0.357 e. The number of carbonyl (C=O) groups excluding carboxylic acids is 1. The predicted molar refractivity (Wildman–Crippen MR) is 122 cm³/mol. The molecule has 7 nitrogen and oxygen atoms in total. The summed E-state index contributed by atoms with van der Waals surface area (Å²) in [4.78, 5) is 22.9. The van der Waals surface area contributed by atoms with Gasteiger partial charge in [0.15, 0.2) is 5.96 Å². The van der Waals surface area contributed by atoms with E-state index in [-0.39, 0.29) is 5.91 Å². The Labute approximate surface area is 177 Å². The van der Waals surface area contributed by atoms with Crippen molar-refractivity contribution in [2.45, 2.75) is 26.9 Å². The van der Waals surface area contributed by atoms with Crippen molar-refractivity contribution in [3.8, 4) is 0 Å². The first kappa shape index (κ1) is 21.4. The van der Waals surface area contributed by atoms with Crippen molar-refractivity contribution in [3.05, 3.63) is 65.5 Å². The molecule has 0 radical (unpaired) electrons. The molecular formula is C23H30N6O. The third-order valence-corrected chi connectivity index (χ3v) is 4.84. The van der Waals surface area contributed by atoms with Gasteiger partial charge in [0.2, 0.25) is 0 Å². The fraction of sp³-hybridized carbons (Fsp3) is 0.348. The summed E-state index contributed by atoms with van der Waals surface area (Å²) in [5.41, 5.74) is 3.90. The van der Waals surface area contributed by atoms with Crippen LogP contribution in [0.25, 0.3) is 11.0 Å². The first-order valence-electron chi connectivity index (χ1n) is 10.2. The summed E-state index contributed by atoms with van der Waals surface area (Å²) in [6, 6.07) is 15.8. The molecule has 0 fully saturated rings. The number of hydrogen-bond donors (Lipinski definition) is 2. The smallest absolute Gasteiger partial charge is 0.253 e. The van der Waals surface area contributed by atoms with E-state index in [0.717, 1.165) is 48.0 Å². The van der Waals surface area contributed by atoms with Gasteiger partial charge in [0, 0.05) is 39.3 Å². The number of aromatic nitrogens is 2. The number of carbonyl (C=O) groups is 1. The lowest BCUT2D eigenvalue weighted by molar-refractivity contribution is 0.0827. The molecule has 1 aromatic heterocycles. The van der Waals surface area contributed by atoms with Crippen LogP contribution >= 0.6 is 0 Å². The van der Waals surface area contributed by atoms with Crippen LogP contribution in [0, 0.1) is 6.92 Å². The summed E-state index contributed by atoms with van der Waals surface area (Å²) in [6.45, 7) is 6.95. The van der Waals surface area contributed by atoms with E-state index in [4.69, 9.17) is 0 Å². The lowest BCUT2D eigenvalue weighted by Crippen LogP contribution is -2.38. The maximum absolute atomic E-state index is 12.0. The van der Waals surface area contributed by atoms with Crippen LogP contribution in [0.5, 0.6) is 0 Å². The number of benzene rings is 2. The molecule has 0 aliphatic rings. The summed E-state index contributed by atoms with van der Waals surface area (Å²) in [5, 5.41) is 6.68. The zero-order chi connectivity index (χ0) is 21.5. The van der Waals surface area contributed by atoms with E-state index in [0.29, 0.717) is 12.1 Å². The summed E-state index contributed by atoms with van der Waals surface area (Å²) >= 11 is 0. The Hall–Kier alpha value is -3.35. The van der Waals surface area contributed by atoms with Gasteiger partial charge in [-0.15, -0.1) is 0 Å². The van der Waals surface area contributed by atoms with Crippen molar-refractivity contribution < 1.29 is 4.79 Å². The highest BCUT2D eigenvalue weighted by molar-refractivity contribution is 5.93. The van der Waals surface area contributed by atoms with E-state index in [9.17, 15) is 4.79 Å². The van der Waals surface area contributed by atoms with E-state index in [2.05, 4.69) is 31.2 Å². The zero-order valence-electron chi connectivity index (χ0n) is 18.1. The van der Waals surface area contributed by atoms with Gasteiger partial charge in [-0.2, -0.15) is 0 Å². The van der Waals surface area contributed by atoms with Gasteiger partial charge < -0.3 is 20.1 Å². The van der Waals surface area contributed by atoms with Crippen molar-refractivity contribution in [1.29, 1.82) is 0 Å². The van der Waals surface area contributed by atoms with Gasteiger partial charge in [-0.1, -0.05) is 24.3 Å². The molecule has 0 saturated heterocycles. The Kier molecular flexibility index (Phi) is 7.06. The molecule has 0 atom stereocenters. The number of aliphatic imine (C=N–C) groups is 1. The Morgan fingerprint density at radius 3 is 2.53 bits per heavy atom. The molecule has 3 rings (SSSR count). The highest BCUT2D eigenvalue weighted by Gasteiger charge is 2.08. The standard InChI is InChI=1S/C23H30N6O/c1-5-24-23(26-16-18-10-12-19(13-11-18)22(30)28(3)4)25-14-15-29-17(2)27-20-8-6-7-9-21(20)29/h6-13H,5,14-16H2,1-4H3,(H2,24,25,26). The van der Waals surface area contributed by atoms with Gasteiger partial charge in [-0.3, -0.25) is 4.79 Å². The molecule has 1 amide bonds. The number of nitrogens with zero attached hydrogens (tertiary/aromatic N) is 4. The molecule has 30 heavy (non-hydrogen) atoms. The average molecular weight is 407 g/mol. The maximum atomic E-state index is 12.0. The van der Waals surface area contributed by atoms with Gasteiger partial charge in [0.25, 0.3) is 5.91 Å². The highest BCUT2D eigenvalue weighted by atomic mass is 16.2. The number of aryl methyl sites for hydroxylation is 1. The molecule has 2 N–H and O–H groups in total. The monoisotopic (exact) mass is 406 g/mol. The lowest BCUT2D eigenvalue weighted by atomic mass is 10.1. The van der Waals surface area contributed by atoms with Crippen molar-refractivity contribution in [3.63, 3.8) is 0 Å². The first-order chi connectivity index (χ1) is 14.5. The van der Waals surface area contributed by atoms with E-state index in [1.165, 1.54) is 0 Å². The fourth-order valence-electron chi connectivity index (χ4n) is 3.29. The number of imidazole rings is 1. The molecule has 158 valence electrons. The van der Waals surface area contributed by atoms with E-state index in [1.54, 1.807) is 19.0 Å². The van der Waals surface area contributed by atoms with Crippen LogP contribution in [0.2, 0.25) is 0 Å². The number of nitrogens with one attached hydrogen (secondary N) is 2. The van der Waals surface area contributed by atoms with Crippen molar-refractivity contribution >= 4 is 22.9 Å². The fourth-order valence-corrected chi connectivity index (χ4v) is 3.29. The van der Waals surface area contributed by atoms with Crippen LogP contribution < -0.4 is 10.6 Å². The molecule has 3 aromatic rings. The van der Waals surface area contributed by atoms with E-state index >= 15 is 0 Å². The second-order valence-electron chi connectivity index (χ2n) is 7.32. The molecule has 2 aromatic carbocycles. The number of guanidine groups is 1. The minimum absolute atomic E-state index is 0.00220. The Balaban J connectivity index is 1.60. The van der Waals surface area contributed by atoms with Crippen LogP contribution in [0.15, 0.2) is 53.5 Å². The van der Waals surface area contributed by atoms with Gasteiger partial charge in [0.05, 0.1) is 17.6 Å². The number of fused-ring (bicyclic) bond motifs is 1. The molecule has 0 aliphatic heterocycles. The molecule has 0 aliphatic carbocycles. The van der Waals surface area contributed by atoms with Crippen molar-refractivity contribution in [2.24, 2.45) is 4.99 Å². The van der Waals surface area contributed by atoms with Crippen molar-refractivity contribution in [1.82, 2.24) is 25.1 Å². The predicted octanol–water partition coefficient (Wildman–Crippen LogP) is 2.80. The van der Waals surface area contributed by atoms with Gasteiger partial charge in [-0.05, 0) is 43.7 Å². The summed E-state index contributed by atoms with van der Waals surface area (Å²) in [6.07, 6.45) is 0. The molecule has 0 bridgehead atoms. The van der Waals surface area contributed by atoms with Crippen LogP contribution in [0.4, 0.5) is 0 Å². The van der Waals surface area contributed by atoms with Gasteiger partial charge in [0.1, 0.15) is 5.82 Å². The molecule has 1 heterocycles. The topological polar surface area (TPSA) is 74.6 Å². The highest BCUT2D eigenvalue weighted by Crippen LogP contribution is 2.14. The van der Waals surface area contributed by atoms with Crippen LogP contribution in [-0.4, -0.2) is 53.5 Å². The molecular weight excluding hydrogens is 376 g/mol. The van der Waals surface area contributed by atoms with Gasteiger partial charge in [-0.25, -0.2) is 9.98 Å². The van der Waals surface area contributed by atoms with E-state index < -0.39 is 0 Å². The quantitative estimate of drug-likeness (QED) is 0.467. The Bertz CT molecular complexity index is 1020. The van der Waals surface area contributed by atoms with Crippen LogP contribution in [0.1, 0.15) is 28.7 Å². The van der Waals surface area contributed by atoms with Crippen LogP contribution in [-0.2, 0) is 13.1 Å². The molecule has 0 spiro atoms. The number of para-hydroxylation sites is 2. The first-order valence-corrected chi connectivity index (χ1v) is 10.2. The third-order valence-electron chi connectivity index (χ3n) is 4.84. The number of amides is 1. The summed E-state index contributed by atoms with van der Waals surface area (Å²) in [7, 11) is 3.51. The largest absolute Gasteiger partial charge is 0.357 e. The average Bonchev–Trinajstić information content (AvgIpc) is 3.07. The Morgan fingerprint density at radius 1 is 1.10 bits per heavy atom. The second-order valence-corrected chi connectivity index (χ2v) is 7.32. The summed E-state index contributed by atoms with van der Waals surface area (Å²) < 4.78 is 2.21. The third kappa shape index (κ3) is 5.17. The van der Waals surface area contributed by atoms with Crippen molar-refractivity contribution in [2.75, 3.05) is 27.2 Å². The second kappa shape index (κ2) is 9.91. The van der Waals surface area contributed by atoms with Gasteiger partial charge >= 0.3 is 0 Å². The normalized spacial score (nSPS) is 11.5. The number of rotatable bonds is 7. The minimum atomic E-state index is 0.00220. The van der Waals surface area contributed by atoms with E-state index in [1.807, 2.05) is 56.3 Å². The zero-order valence-corrected chi connectivity index (χ0v) is 18.1. The lowest BCUT2D eigenvalue weighted by Gasteiger charge is -2.13. The van der Waals surface area contributed by atoms with Crippen LogP contribution in [0.3, 0.4) is 0 Å². The molecule has 7 heteroatoms. The molecule has 0 unspecified atom stereocenters. The number of hydrogen-bond acceptors (Lipinski definition) is 3. The Morgan fingerprint density at radius 2 is 1.83 bits per heavy atom. The SMILES string of the molecule is CCNC(=NCc1ccc(C(=O)N(C)C)cc1)NCCn1c(C)nc2ccccc21.